The highest BCUT2D eigenvalue weighted by Gasteiger charge is 2.27. The molecule has 172 valence electrons. The number of aromatic nitrogens is 1. The molecule has 8 heteroatoms. The molecule has 1 aromatic carbocycles. The van der Waals surface area contributed by atoms with Crippen molar-refractivity contribution >= 4 is 14.9 Å². The third kappa shape index (κ3) is 8.10. The number of H-pyrrole nitrogens is 1. The van der Waals surface area contributed by atoms with Crippen LogP contribution in [0.3, 0.4) is 0 Å². The van der Waals surface area contributed by atoms with E-state index < -0.39 is 20.4 Å². The maximum absolute atomic E-state index is 14.1. The highest BCUT2D eigenvalue weighted by Crippen LogP contribution is 2.34. The summed E-state index contributed by atoms with van der Waals surface area (Å²) < 4.78 is 32.9. The Morgan fingerprint density at radius 1 is 1.19 bits per heavy atom. The zero-order chi connectivity index (χ0) is 23.0. The Bertz CT molecular complexity index is 850. The average molecular weight is 452 g/mol. The number of nitrogens with one attached hydrogen (secondary N) is 3. The van der Waals surface area contributed by atoms with Crippen molar-refractivity contribution in [3.8, 4) is 11.1 Å². The molecule has 5 nitrogen and oxygen atoms in total. The number of alkyl carbamates (subject to hydrolysis) is 1. The fourth-order valence-electron chi connectivity index (χ4n) is 3.30. The minimum Gasteiger partial charge on any atom is -0.450 e. The van der Waals surface area contributed by atoms with Gasteiger partial charge in [0.2, 0.25) is 0 Å². The van der Waals surface area contributed by atoms with Gasteiger partial charge in [-0.2, -0.15) is 0 Å². The molecule has 0 saturated heterocycles. The Morgan fingerprint density at radius 3 is 2.61 bits per heavy atom. The van der Waals surface area contributed by atoms with E-state index in [0.717, 1.165) is 30.3 Å². The molecule has 1 amide bonds. The molecule has 1 heterocycles. The zero-order valence-electron chi connectivity index (χ0n) is 19.1. The summed E-state index contributed by atoms with van der Waals surface area (Å²) in [6, 6.07) is 6.27. The second-order valence-electron chi connectivity index (χ2n) is 9.32. The Morgan fingerprint density at radius 2 is 1.94 bits per heavy atom. The van der Waals surface area contributed by atoms with Crippen molar-refractivity contribution in [2.24, 2.45) is 5.41 Å². The van der Waals surface area contributed by atoms with Crippen LogP contribution in [0, 0.1) is 17.0 Å². The number of carbonyl (C=O) groups excluding carboxylic acids is 1. The number of benzene rings is 1. The van der Waals surface area contributed by atoms with Gasteiger partial charge in [-0.25, -0.2) is 13.6 Å². The van der Waals surface area contributed by atoms with Crippen LogP contribution in [0.1, 0.15) is 38.9 Å². The second-order valence-corrected chi connectivity index (χ2v) is 12.7. The molecule has 31 heavy (non-hydrogen) atoms. The van der Waals surface area contributed by atoms with Crippen LogP contribution in [0.2, 0.25) is 19.1 Å². The molecule has 0 aliphatic rings. The van der Waals surface area contributed by atoms with Crippen LogP contribution >= 0.6 is 0 Å². The molecule has 0 saturated carbocycles. The number of halogens is 2. The third-order valence-corrected chi connectivity index (χ3v) is 6.41. The van der Waals surface area contributed by atoms with Crippen LogP contribution in [-0.2, 0) is 4.74 Å². The molecule has 1 aromatic heterocycles. The van der Waals surface area contributed by atoms with Gasteiger partial charge in [-0.15, -0.1) is 0 Å². The third-order valence-electron chi connectivity index (χ3n) is 5.02. The van der Waals surface area contributed by atoms with Crippen molar-refractivity contribution in [2.45, 2.75) is 52.4 Å². The molecule has 0 radical (unpaired) electrons. The van der Waals surface area contributed by atoms with Crippen LogP contribution in [0.15, 0.2) is 30.5 Å². The molecule has 0 aliphatic carbocycles. The van der Waals surface area contributed by atoms with E-state index in [1.54, 1.807) is 6.20 Å². The summed E-state index contributed by atoms with van der Waals surface area (Å²) in [7, 11) is -0.707. The normalized spacial score (nSPS) is 12.8. The lowest BCUT2D eigenvalue weighted by molar-refractivity contribution is 0.151. The maximum Gasteiger partial charge on any atom is 0.407 e. The van der Waals surface area contributed by atoms with Crippen molar-refractivity contribution in [3.63, 3.8) is 0 Å². The van der Waals surface area contributed by atoms with E-state index in [4.69, 9.17) is 4.74 Å². The SMILES string of the molecule is C[SiH](C)CCOC(=O)NCCCNC(c1cc(-c2cc(F)ccc2F)c[nH]1)C(C)(C)C. The fraction of sp³-hybridized carbons (Fsp3) is 0.522. The Kier molecular flexibility index (Phi) is 9.25. The molecule has 1 atom stereocenters. The summed E-state index contributed by atoms with van der Waals surface area (Å²) in [4.78, 5) is 14.9. The van der Waals surface area contributed by atoms with Gasteiger partial charge in [0, 0.05) is 38.4 Å². The van der Waals surface area contributed by atoms with E-state index in [1.165, 1.54) is 6.07 Å². The Labute approximate surface area is 185 Å². The van der Waals surface area contributed by atoms with E-state index in [9.17, 15) is 13.6 Å². The minimum atomic E-state index is -0.707. The van der Waals surface area contributed by atoms with Crippen LogP contribution in [0.25, 0.3) is 11.1 Å². The lowest BCUT2D eigenvalue weighted by atomic mass is 9.84. The summed E-state index contributed by atoms with van der Waals surface area (Å²) in [6.45, 7) is 12.5. The van der Waals surface area contributed by atoms with Crippen molar-refractivity contribution in [3.05, 3.63) is 47.8 Å². The van der Waals surface area contributed by atoms with Crippen molar-refractivity contribution < 1.29 is 18.3 Å². The summed E-state index contributed by atoms with van der Waals surface area (Å²) in [5.41, 5.74) is 1.63. The van der Waals surface area contributed by atoms with Gasteiger partial charge in [0.1, 0.15) is 11.6 Å². The summed E-state index contributed by atoms with van der Waals surface area (Å²) >= 11 is 0. The lowest BCUT2D eigenvalue weighted by Crippen LogP contribution is -2.35. The minimum absolute atomic E-state index is 0.0270. The van der Waals surface area contributed by atoms with Crippen LogP contribution in [0.4, 0.5) is 13.6 Å². The van der Waals surface area contributed by atoms with E-state index in [-0.39, 0.29) is 23.1 Å². The van der Waals surface area contributed by atoms with Crippen molar-refractivity contribution in [2.75, 3.05) is 19.7 Å². The largest absolute Gasteiger partial charge is 0.450 e. The first kappa shape index (κ1) is 25.1. The van der Waals surface area contributed by atoms with Crippen molar-refractivity contribution in [1.29, 1.82) is 0 Å². The lowest BCUT2D eigenvalue weighted by Gasteiger charge is -2.31. The highest BCUT2D eigenvalue weighted by atomic mass is 28.3. The summed E-state index contributed by atoms with van der Waals surface area (Å²) in [5, 5.41) is 6.29. The van der Waals surface area contributed by atoms with Crippen molar-refractivity contribution in [1.82, 2.24) is 15.6 Å². The van der Waals surface area contributed by atoms with Gasteiger partial charge in [0.15, 0.2) is 0 Å². The standard InChI is InChI=1S/C23H35F2N3O2Si/c1-23(2,3)21(26-9-6-10-27-22(29)30-11-12-31(4)5)20-13-16(15-28-20)18-14-17(24)7-8-19(18)25/h7-8,13-15,21,26,28,31H,6,9-12H2,1-5H3,(H,27,29). The van der Waals surface area contributed by atoms with E-state index in [1.807, 2.05) is 6.07 Å². The second kappa shape index (κ2) is 11.4. The molecular weight excluding hydrogens is 416 g/mol. The van der Waals surface area contributed by atoms with Gasteiger partial charge in [-0.3, -0.25) is 0 Å². The van der Waals surface area contributed by atoms with Gasteiger partial charge in [0.25, 0.3) is 0 Å². The number of carbonyl (C=O) groups is 1. The van der Waals surface area contributed by atoms with E-state index in [0.29, 0.717) is 25.3 Å². The molecule has 0 fully saturated rings. The monoisotopic (exact) mass is 451 g/mol. The van der Waals surface area contributed by atoms with E-state index >= 15 is 0 Å². The average Bonchev–Trinajstić information content (AvgIpc) is 3.14. The Hall–Kier alpha value is -2.19. The number of hydrogen-bond acceptors (Lipinski definition) is 3. The van der Waals surface area contributed by atoms with Gasteiger partial charge in [-0.1, -0.05) is 33.9 Å². The van der Waals surface area contributed by atoms with Gasteiger partial charge < -0.3 is 20.4 Å². The number of aromatic amines is 1. The quantitative estimate of drug-likeness (QED) is 0.342. The highest BCUT2D eigenvalue weighted by molar-refractivity contribution is 6.55. The first-order valence-corrected chi connectivity index (χ1v) is 14.0. The van der Waals surface area contributed by atoms with Gasteiger partial charge in [0.05, 0.1) is 12.6 Å². The molecule has 2 rings (SSSR count). The molecule has 0 aliphatic heterocycles. The molecule has 0 spiro atoms. The topological polar surface area (TPSA) is 66.2 Å². The van der Waals surface area contributed by atoms with Crippen LogP contribution in [-0.4, -0.2) is 39.6 Å². The number of hydrogen-bond donors (Lipinski definition) is 3. The predicted molar refractivity (Wildman–Crippen MR) is 124 cm³/mol. The fourth-order valence-corrected chi connectivity index (χ4v) is 3.89. The molecule has 1 unspecified atom stereocenters. The van der Waals surface area contributed by atoms with Gasteiger partial charge >= 0.3 is 6.09 Å². The molecule has 0 bridgehead atoms. The first-order valence-electron chi connectivity index (χ1n) is 10.9. The molecular formula is C23H35F2N3O2Si. The molecule has 3 N–H and O–H groups in total. The van der Waals surface area contributed by atoms with E-state index in [2.05, 4.69) is 49.5 Å². The Balaban J connectivity index is 1.90. The van der Waals surface area contributed by atoms with Crippen LogP contribution < -0.4 is 10.6 Å². The summed E-state index contributed by atoms with van der Waals surface area (Å²) in [6.07, 6.45) is 2.07. The predicted octanol–water partition coefficient (Wildman–Crippen LogP) is 5.24. The zero-order valence-corrected chi connectivity index (χ0v) is 20.3. The van der Waals surface area contributed by atoms with Crippen LogP contribution in [0.5, 0.6) is 0 Å². The number of rotatable bonds is 10. The van der Waals surface area contributed by atoms with Gasteiger partial charge in [-0.05, 0) is 48.7 Å². The first-order chi connectivity index (χ1) is 14.6. The number of ether oxygens (including phenoxy) is 1. The number of amides is 1. The summed E-state index contributed by atoms with van der Waals surface area (Å²) in [5.74, 6) is -0.928. The maximum atomic E-state index is 14.1. The molecule has 2 aromatic rings. The smallest absolute Gasteiger partial charge is 0.407 e.